The smallest absolute Gasteiger partial charge is 0.331 e. The molecule has 0 unspecified atom stereocenters. The van der Waals surface area contributed by atoms with Crippen LogP contribution in [0.2, 0.25) is 0 Å². The second-order valence-electron chi connectivity index (χ2n) is 2.70. The summed E-state index contributed by atoms with van der Waals surface area (Å²) >= 11 is 0. The van der Waals surface area contributed by atoms with Gasteiger partial charge in [0.25, 0.3) is 5.56 Å². The van der Waals surface area contributed by atoms with Crippen molar-refractivity contribution in [3.63, 3.8) is 0 Å². The fourth-order valence-corrected chi connectivity index (χ4v) is 0.894. The lowest BCUT2D eigenvalue weighted by Crippen LogP contribution is -2.34. The number of esters is 1. The molecule has 0 bridgehead atoms. The number of nitrogens with one attached hydrogen (secondary N) is 2. The minimum atomic E-state index is -1.21. The molecule has 1 aromatic heterocycles. The summed E-state index contributed by atoms with van der Waals surface area (Å²) in [5, 5.41) is 6.64. The van der Waals surface area contributed by atoms with Gasteiger partial charge in [-0.2, -0.15) is 4.39 Å². The van der Waals surface area contributed by atoms with Crippen molar-refractivity contribution >= 4 is 19.6 Å². The fraction of sp³-hybridized carbons (Fsp3) is 0.143. The average molecular weight is 225 g/mol. The van der Waals surface area contributed by atoms with E-state index in [1.54, 1.807) is 4.98 Å². The van der Waals surface area contributed by atoms with Gasteiger partial charge >= 0.3 is 11.7 Å². The largest absolute Gasteiger partial charge is 0.423 e. The molecule has 0 aromatic carbocycles. The van der Waals surface area contributed by atoms with E-state index >= 15 is 0 Å². The van der Waals surface area contributed by atoms with E-state index in [0.717, 1.165) is 0 Å². The van der Waals surface area contributed by atoms with Gasteiger partial charge in [-0.3, -0.25) is 19.8 Å². The van der Waals surface area contributed by atoms with Gasteiger partial charge < -0.3 is 4.74 Å². The summed E-state index contributed by atoms with van der Waals surface area (Å²) in [6.45, 7) is -0.661. The van der Waals surface area contributed by atoms with E-state index in [1.165, 1.54) is 0 Å². The number of hydrogen-bond acceptors (Lipinski definition) is 5. The van der Waals surface area contributed by atoms with Crippen LogP contribution in [-0.4, -0.2) is 29.2 Å². The van der Waals surface area contributed by atoms with Gasteiger partial charge in [-0.15, -0.1) is 0 Å². The molecule has 0 aliphatic heterocycles. The average Bonchev–Trinajstić information content (AvgIpc) is 2.12. The number of carbonyl (C=O) groups excluding carboxylic acids is 1. The number of halogens is 1. The lowest BCUT2D eigenvalue weighted by Gasteiger charge is -2.04. The van der Waals surface area contributed by atoms with Crippen molar-refractivity contribution in [3.05, 3.63) is 32.9 Å². The Morgan fingerprint density at radius 3 is 2.81 bits per heavy atom. The van der Waals surface area contributed by atoms with Crippen LogP contribution in [0.5, 0.6) is 0 Å². The van der Waals surface area contributed by atoms with Gasteiger partial charge in [0.15, 0.2) is 7.85 Å². The Hall–Kier alpha value is -2.19. The summed E-state index contributed by atoms with van der Waals surface area (Å²) in [6, 6.07) is 0. The van der Waals surface area contributed by atoms with Gasteiger partial charge in [0.05, 0.1) is 6.20 Å². The molecule has 0 aliphatic rings. The zero-order valence-corrected chi connectivity index (χ0v) is 7.82. The fourth-order valence-electron chi connectivity index (χ4n) is 0.894. The molecular weight excluding hydrogens is 220 g/mol. The molecule has 0 fully saturated rings. The van der Waals surface area contributed by atoms with Crippen LogP contribution in [0.1, 0.15) is 0 Å². The van der Waals surface area contributed by atoms with E-state index in [2.05, 4.69) is 4.74 Å². The van der Waals surface area contributed by atoms with Crippen LogP contribution in [0.15, 0.2) is 15.8 Å². The van der Waals surface area contributed by atoms with Gasteiger partial charge in [-0.05, 0) is 0 Å². The Balaban J connectivity index is 2.94. The molecule has 0 spiro atoms. The topological polar surface area (TPSA) is 105 Å². The highest BCUT2D eigenvalue weighted by atomic mass is 19.1. The highest BCUT2D eigenvalue weighted by molar-refractivity contribution is 6.56. The third-order valence-electron chi connectivity index (χ3n) is 1.49. The number of aromatic nitrogens is 2. The van der Waals surface area contributed by atoms with Crippen molar-refractivity contribution in [2.75, 3.05) is 0 Å². The molecule has 2 radical (unpaired) electrons. The molecule has 9 heteroatoms. The summed E-state index contributed by atoms with van der Waals surface area (Å²) in [4.78, 5) is 34.3. The Morgan fingerprint density at radius 1 is 1.62 bits per heavy atom. The van der Waals surface area contributed by atoms with E-state index in [-0.39, 0.29) is 0 Å². The molecular formula is C7H5BFN3O4. The molecule has 0 amide bonds. The maximum absolute atomic E-state index is 12.7. The van der Waals surface area contributed by atoms with Crippen LogP contribution in [-0.2, 0) is 16.1 Å². The lowest BCUT2D eigenvalue weighted by atomic mass is 10.2. The molecule has 0 saturated heterocycles. The number of ether oxygens (including phenoxy) is 1. The summed E-state index contributed by atoms with van der Waals surface area (Å²) < 4.78 is 17.5. The van der Waals surface area contributed by atoms with Crippen LogP contribution in [0, 0.1) is 11.2 Å². The van der Waals surface area contributed by atoms with E-state index < -0.39 is 35.4 Å². The number of hydrogen-bond donors (Lipinski definition) is 2. The predicted molar refractivity (Wildman–Crippen MR) is 50.9 cm³/mol. The summed E-state index contributed by atoms with van der Waals surface area (Å²) in [5.74, 6) is -3.08. The monoisotopic (exact) mass is 225 g/mol. The normalized spacial score (nSPS) is 9.81. The Morgan fingerprint density at radius 2 is 2.25 bits per heavy atom. The summed E-state index contributed by atoms with van der Waals surface area (Å²) in [5.41, 5.74) is -2.15. The molecule has 1 aromatic rings. The molecule has 2 N–H and O–H groups in total. The first kappa shape index (κ1) is 11.9. The van der Waals surface area contributed by atoms with E-state index in [1.807, 2.05) is 0 Å². The summed E-state index contributed by atoms with van der Waals surface area (Å²) in [6.07, 6.45) is 0.558. The molecule has 16 heavy (non-hydrogen) atoms. The minimum absolute atomic E-state index is 0.558. The first-order valence-electron chi connectivity index (χ1n) is 3.94. The Bertz CT molecular complexity index is 549. The number of aromatic amines is 1. The third kappa shape index (κ3) is 2.90. The van der Waals surface area contributed by atoms with Crippen molar-refractivity contribution in [2.24, 2.45) is 0 Å². The molecule has 0 aliphatic carbocycles. The number of rotatable bonds is 2. The minimum Gasteiger partial charge on any atom is -0.423 e. The quantitative estimate of drug-likeness (QED) is 0.271. The van der Waals surface area contributed by atoms with E-state index in [4.69, 9.17) is 13.3 Å². The lowest BCUT2D eigenvalue weighted by molar-refractivity contribution is -0.136. The van der Waals surface area contributed by atoms with Crippen molar-refractivity contribution < 1.29 is 13.9 Å². The van der Waals surface area contributed by atoms with Gasteiger partial charge in [0.2, 0.25) is 5.82 Å². The van der Waals surface area contributed by atoms with Crippen LogP contribution >= 0.6 is 0 Å². The van der Waals surface area contributed by atoms with E-state index in [0.29, 0.717) is 10.8 Å². The van der Waals surface area contributed by atoms with Gasteiger partial charge in [0, 0.05) is 0 Å². The van der Waals surface area contributed by atoms with Crippen LogP contribution in [0.4, 0.5) is 4.39 Å². The Kier molecular flexibility index (Phi) is 3.38. The highest BCUT2D eigenvalue weighted by Crippen LogP contribution is 1.87. The SMILES string of the molecule is [B]C(=N)OC(=O)Cn1cc(F)c(=O)[nH]c1=O. The molecule has 1 heterocycles. The maximum Gasteiger partial charge on any atom is 0.331 e. The first-order chi connectivity index (χ1) is 7.40. The van der Waals surface area contributed by atoms with Crippen molar-refractivity contribution in [1.82, 2.24) is 9.55 Å². The second-order valence-corrected chi connectivity index (χ2v) is 2.70. The van der Waals surface area contributed by atoms with Gasteiger partial charge in [-0.1, -0.05) is 0 Å². The predicted octanol–water partition coefficient (Wildman–Crippen LogP) is -1.68. The summed E-state index contributed by atoms with van der Waals surface area (Å²) in [7, 11) is 4.76. The van der Waals surface area contributed by atoms with E-state index in [9.17, 15) is 18.8 Å². The van der Waals surface area contributed by atoms with Crippen molar-refractivity contribution in [3.8, 4) is 0 Å². The zero-order valence-electron chi connectivity index (χ0n) is 7.82. The second kappa shape index (κ2) is 4.56. The number of carbonyl (C=O) groups is 1. The molecule has 0 atom stereocenters. The molecule has 0 saturated carbocycles. The van der Waals surface area contributed by atoms with Gasteiger partial charge in [-0.25, -0.2) is 9.59 Å². The van der Waals surface area contributed by atoms with Crippen molar-refractivity contribution in [2.45, 2.75) is 6.54 Å². The van der Waals surface area contributed by atoms with Crippen molar-refractivity contribution in [1.29, 1.82) is 5.41 Å². The molecule has 7 nitrogen and oxygen atoms in total. The third-order valence-corrected chi connectivity index (χ3v) is 1.49. The maximum atomic E-state index is 12.7. The zero-order chi connectivity index (χ0) is 12.3. The van der Waals surface area contributed by atoms with Crippen LogP contribution in [0.3, 0.4) is 0 Å². The number of nitrogens with zero attached hydrogens (tertiary/aromatic N) is 1. The highest BCUT2D eigenvalue weighted by Gasteiger charge is 2.09. The molecule has 82 valence electrons. The van der Waals surface area contributed by atoms with Crippen LogP contribution < -0.4 is 11.2 Å². The van der Waals surface area contributed by atoms with Gasteiger partial charge in [0.1, 0.15) is 12.3 Å². The van der Waals surface area contributed by atoms with Crippen LogP contribution in [0.25, 0.3) is 0 Å². The first-order valence-corrected chi connectivity index (χ1v) is 3.94. The standard InChI is InChI=1S/C7H5BFN3O4/c8-6(10)16-4(13)2-12-1-3(9)5(14)11-7(12)15/h1,10H,2H2,(H,11,14,15). The number of H-pyrrole nitrogens is 1. The Labute approximate surface area is 88.8 Å². The molecule has 1 rings (SSSR count).